The van der Waals surface area contributed by atoms with Crippen LogP contribution in [0.25, 0.3) is 0 Å². The van der Waals surface area contributed by atoms with E-state index in [0.717, 1.165) is 6.07 Å². The molecular formula is C11H16ClFN2O2S2. The summed E-state index contributed by atoms with van der Waals surface area (Å²) in [5, 5.41) is 0.139. The van der Waals surface area contributed by atoms with E-state index in [-0.39, 0.29) is 23.2 Å². The van der Waals surface area contributed by atoms with E-state index in [9.17, 15) is 12.8 Å². The average molecular weight is 327 g/mol. The summed E-state index contributed by atoms with van der Waals surface area (Å²) in [5.41, 5.74) is 5.44. The van der Waals surface area contributed by atoms with Gasteiger partial charge in [0.1, 0.15) is 10.7 Å². The molecule has 0 saturated heterocycles. The highest BCUT2D eigenvalue weighted by Crippen LogP contribution is 2.23. The second-order valence-electron chi connectivity index (χ2n) is 4.06. The molecule has 8 heteroatoms. The molecule has 1 unspecified atom stereocenters. The number of nitrogens with two attached hydrogens (primary N) is 1. The van der Waals surface area contributed by atoms with Crippen molar-refractivity contribution >= 4 is 33.4 Å². The Morgan fingerprint density at radius 1 is 1.53 bits per heavy atom. The predicted molar refractivity (Wildman–Crippen MR) is 77.5 cm³/mol. The van der Waals surface area contributed by atoms with E-state index >= 15 is 0 Å². The minimum atomic E-state index is -3.95. The van der Waals surface area contributed by atoms with Gasteiger partial charge in [0.2, 0.25) is 10.0 Å². The highest BCUT2D eigenvalue weighted by atomic mass is 35.5. The number of sulfonamides is 1. The third kappa shape index (κ3) is 4.32. The number of hydrogen-bond acceptors (Lipinski definition) is 4. The molecule has 108 valence electrons. The number of rotatable bonds is 6. The molecule has 1 aromatic carbocycles. The lowest BCUT2D eigenvalue weighted by molar-refractivity contribution is 0.544. The summed E-state index contributed by atoms with van der Waals surface area (Å²) in [6, 6.07) is 2.10. The zero-order valence-corrected chi connectivity index (χ0v) is 13.0. The summed E-state index contributed by atoms with van der Waals surface area (Å²) < 4.78 is 40.6. The Balaban J connectivity index is 3.18. The van der Waals surface area contributed by atoms with Gasteiger partial charge in [-0.25, -0.2) is 17.5 Å². The SMILES string of the molecule is CSCC(C)NS(=O)(=O)c1cc(Cl)cc(CN)c1F. The largest absolute Gasteiger partial charge is 0.326 e. The van der Waals surface area contributed by atoms with Gasteiger partial charge in [0, 0.05) is 28.9 Å². The molecule has 0 spiro atoms. The van der Waals surface area contributed by atoms with Crippen molar-refractivity contribution in [2.45, 2.75) is 24.4 Å². The van der Waals surface area contributed by atoms with Crippen molar-refractivity contribution in [3.8, 4) is 0 Å². The van der Waals surface area contributed by atoms with Crippen LogP contribution in [0.1, 0.15) is 12.5 Å². The molecule has 0 aliphatic carbocycles. The third-order valence-corrected chi connectivity index (χ3v) is 5.00. The van der Waals surface area contributed by atoms with Crippen molar-refractivity contribution < 1.29 is 12.8 Å². The van der Waals surface area contributed by atoms with E-state index in [4.69, 9.17) is 17.3 Å². The first-order valence-electron chi connectivity index (χ1n) is 5.51. The van der Waals surface area contributed by atoms with Crippen molar-refractivity contribution in [1.82, 2.24) is 4.72 Å². The minimum Gasteiger partial charge on any atom is -0.326 e. The van der Waals surface area contributed by atoms with Gasteiger partial charge in [0.05, 0.1) is 0 Å². The standard InChI is InChI=1S/C11H16ClFN2O2S2/c1-7(6-18-2)15-19(16,17)10-4-9(12)3-8(5-14)11(10)13/h3-4,7,15H,5-6,14H2,1-2H3. The van der Waals surface area contributed by atoms with Crippen LogP contribution in [0, 0.1) is 5.82 Å². The first kappa shape index (κ1) is 16.7. The highest BCUT2D eigenvalue weighted by molar-refractivity contribution is 7.98. The second-order valence-corrected chi connectivity index (χ2v) is 7.09. The number of halogens is 2. The average Bonchev–Trinajstić information content (AvgIpc) is 2.31. The van der Waals surface area contributed by atoms with Crippen LogP contribution in [-0.4, -0.2) is 26.5 Å². The fourth-order valence-corrected chi connectivity index (χ4v) is 3.96. The second kappa shape index (κ2) is 6.90. The zero-order chi connectivity index (χ0) is 14.6. The van der Waals surface area contributed by atoms with E-state index in [1.807, 2.05) is 6.26 Å². The third-order valence-electron chi connectivity index (χ3n) is 2.36. The summed E-state index contributed by atoms with van der Waals surface area (Å²) in [6.07, 6.45) is 1.86. The molecule has 0 aliphatic rings. The first-order valence-corrected chi connectivity index (χ1v) is 8.76. The Hall–Kier alpha value is -0.340. The summed E-state index contributed by atoms with van der Waals surface area (Å²) in [7, 11) is -3.95. The molecular weight excluding hydrogens is 311 g/mol. The van der Waals surface area contributed by atoms with Gasteiger partial charge < -0.3 is 5.73 Å². The quantitative estimate of drug-likeness (QED) is 0.838. The number of thioether (sulfide) groups is 1. The van der Waals surface area contributed by atoms with Gasteiger partial charge in [-0.05, 0) is 25.3 Å². The molecule has 4 nitrogen and oxygen atoms in total. The van der Waals surface area contributed by atoms with Gasteiger partial charge in [0.15, 0.2) is 0 Å². The van der Waals surface area contributed by atoms with E-state index in [1.165, 1.54) is 17.8 Å². The van der Waals surface area contributed by atoms with Crippen molar-refractivity contribution in [3.63, 3.8) is 0 Å². The molecule has 1 atom stereocenters. The summed E-state index contributed by atoms with van der Waals surface area (Å²) in [5.74, 6) is -0.263. The van der Waals surface area contributed by atoms with E-state index in [0.29, 0.717) is 5.75 Å². The van der Waals surface area contributed by atoms with Gasteiger partial charge in [-0.1, -0.05) is 11.6 Å². The number of benzene rings is 1. The van der Waals surface area contributed by atoms with E-state index in [2.05, 4.69) is 4.72 Å². The first-order chi connectivity index (χ1) is 8.81. The van der Waals surface area contributed by atoms with Crippen LogP contribution in [0.5, 0.6) is 0 Å². The van der Waals surface area contributed by atoms with Crippen LogP contribution in [0.3, 0.4) is 0 Å². The lowest BCUT2D eigenvalue weighted by Gasteiger charge is -2.14. The topological polar surface area (TPSA) is 72.2 Å². The molecule has 0 aromatic heterocycles. The number of nitrogens with one attached hydrogen (secondary N) is 1. The van der Waals surface area contributed by atoms with Crippen molar-refractivity contribution in [2.75, 3.05) is 12.0 Å². The molecule has 0 heterocycles. The molecule has 1 aromatic rings. The summed E-state index contributed by atoms with van der Waals surface area (Å²) >= 11 is 7.28. The van der Waals surface area contributed by atoms with Gasteiger partial charge >= 0.3 is 0 Å². The number of hydrogen-bond donors (Lipinski definition) is 2. The lowest BCUT2D eigenvalue weighted by Crippen LogP contribution is -2.34. The zero-order valence-electron chi connectivity index (χ0n) is 10.6. The van der Waals surface area contributed by atoms with Gasteiger partial charge in [-0.15, -0.1) is 0 Å². The Bertz CT molecular complexity index is 552. The minimum absolute atomic E-state index is 0.0744. The molecule has 0 bridgehead atoms. The lowest BCUT2D eigenvalue weighted by atomic mass is 10.2. The fraction of sp³-hybridized carbons (Fsp3) is 0.455. The fourth-order valence-electron chi connectivity index (χ4n) is 1.57. The maximum Gasteiger partial charge on any atom is 0.243 e. The highest BCUT2D eigenvalue weighted by Gasteiger charge is 2.23. The Kier molecular flexibility index (Phi) is 6.07. The Morgan fingerprint density at radius 3 is 2.68 bits per heavy atom. The molecule has 0 fully saturated rings. The van der Waals surface area contributed by atoms with Crippen LogP contribution < -0.4 is 10.5 Å². The van der Waals surface area contributed by atoms with Crippen LogP contribution in [0.2, 0.25) is 5.02 Å². The van der Waals surface area contributed by atoms with Crippen LogP contribution in [-0.2, 0) is 16.6 Å². The molecule has 0 amide bonds. The maximum absolute atomic E-state index is 14.0. The maximum atomic E-state index is 14.0. The smallest absolute Gasteiger partial charge is 0.243 e. The predicted octanol–water partition coefficient (Wildman–Crippen LogP) is 1.97. The van der Waals surface area contributed by atoms with Crippen LogP contribution in [0.4, 0.5) is 4.39 Å². The van der Waals surface area contributed by atoms with Gasteiger partial charge in [-0.3, -0.25) is 0 Å². The van der Waals surface area contributed by atoms with Crippen molar-refractivity contribution in [3.05, 3.63) is 28.5 Å². The van der Waals surface area contributed by atoms with Crippen LogP contribution in [0.15, 0.2) is 17.0 Å². The molecule has 0 saturated carbocycles. The molecule has 0 aliphatic heterocycles. The van der Waals surface area contributed by atoms with Crippen LogP contribution >= 0.6 is 23.4 Å². The Labute approximate surface area is 121 Å². The van der Waals surface area contributed by atoms with Crippen molar-refractivity contribution in [1.29, 1.82) is 0 Å². The van der Waals surface area contributed by atoms with E-state index in [1.54, 1.807) is 6.92 Å². The Morgan fingerprint density at radius 2 is 2.16 bits per heavy atom. The molecule has 1 rings (SSSR count). The molecule has 19 heavy (non-hydrogen) atoms. The summed E-state index contributed by atoms with van der Waals surface area (Å²) in [6.45, 7) is 1.59. The van der Waals surface area contributed by atoms with Gasteiger partial charge in [0.25, 0.3) is 0 Å². The summed E-state index contributed by atoms with van der Waals surface area (Å²) in [4.78, 5) is -0.464. The molecule has 3 N–H and O–H groups in total. The molecule has 0 radical (unpaired) electrons. The normalized spacial score (nSPS) is 13.5. The van der Waals surface area contributed by atoms with Gasteiger partial charge in [-0.2, -0.15) is 11.8 Å². The monoisotopic (exact) mass is 326 g/mol. The van der Waals surface area contributed by atoms with E-state index < -0.39 is 20.7 Å². The van der Waals surface area contributed by atoms with Crippen molar-refractivity contribution in [2.24, 2.45) is 5.73 Å².